The van der Waals surface area contributed by atoms with Crippen LogP contribution in [0.2, 0.25) is 0 Å². The number of nitrogens with zero attached hydrogens (tertiary/aromatic N) is 2. The molecule has 0 atom stereocenters. The summed E-state index contributed by atoms with van der Waals surface area (Å²) in [4.78, 5) is 3.96. The van der Waals surface area contributed by atoms with Crippen LogP contribution in [0.3, 0.4) is 0 Å². The van der Waals surface area contributed by atoms with E-state index in [1.165, 1.54) is 15.5 Å². The Labute approximate surface area is 385 Å². The van der Waals surface area contributed by atoms with Crippen molar-refractivity contribution in [1.82, 2.24) is 0 Å². The third kappa shape index (κ3) is 7.56. The molecule has 0 spiro atoms. The van der Waals surface area contributed by atoms with Crippen LogP contribution >= 0.6 is 11.3 Å². The highest BCUT2D eigenvalue weighted by molar-refractivity contribution is 7.25. The molecule has 63 heavy (non-hydrogen) atoms. The average molecular weight is 832 g/mol. The third-order valence-corrected chi connectivity index (χ3v) is 12.4. The van der Waals surface area contributed by atoms with Crippen LogP contribution in [-0.4, -0.2) is 0 Å². The summed E-state index contributed by atoms with van der Waals surface area (Å²) in [5.41, 5.74) is 8.73. The molecule has 0 saturated carbocycles. The number of anilines is 6. The lowest BCUT2D eigenvalue weighted by Crippen LogP contribution is -2.12. The van der Waals surface area contributed by atoms with Gasteiger partial charge in [-0.2, -0.15) is 0 Å². The Hall–Kier alpha value is -7.98. The molecule has 3 heteroatoms. The Morgan fingerprint density at radius 2 is 0.825 bits per heavy atom. The molecule has 0 bridgehead atoms. The molecule has 11 rings (SSSR count). The van der Waals surface area contributed by atoms with Crippen LogP contribution in [0.5, 0.6) is 0 Å². The molecule has 10 aromatic carbocycles. The van der Waals surface area contributed by atoms with Crippen molar-refractivity contribution in [2.75, 3.05) is 9.80 Å². The van der Waals surface area contributed by atoms with Gasteiger partial charge in [0.15, 0.2) is 0 Å². The van der Waals surface area contributed by atoms with Gasteiger partial charge in [0.05, 0.1) is 18.0 Å². The molecular formula is C60H42N2S. The summed E-state index contributed by atoms with van der Waals surface area (Å²) in [7, 11) is 0. The first-order chi connectivity index (χ1) is 35.0. The van der Waals surface area contributed by atoms with Crippen molar-refractivity contribution in [1.29, 1.82) is 0 Å². The Kier molecular flexibility index (Phi) is 7.82. The topological polar surface area (TPSA) is 6.48 Å². The van der Waals surface area contributed by atoms with Gasteiger partial charge in [0, 0.05) is 54.2 Å². The van der Waals surface area contributed by atoms with Crippen molar-refractivity contribution in [3.05, 3.63) is 255 Å². The van der Waals surface area contributed by atoms with Crippen LogP contribution in [0.1, 0.15) is 12.3 Å². The minimum absolute atomic E-state index is 0.0750. The summed E-state index contributed by atoms with van der Waals surface area (Å²) in [5, 5.41) is 2.40. The standard InChI is InChI=1S/C60H42N2S/c1-4-15-43(16-5-1)46-27-33-50(34-28-46)61(54-39-40-57-56-24-11-13-26-59(56)63-60(57)42-54)53-22-14-21-49(41-53)55-23-10-12-25-58(55)62(51-35-29-47(30-36-51)44-17-6-2-7-18-44)52-37-31-48(32-38-52)45-19-8-3-9-20-45/h1-42H/i2D,6D,7D,17D,18D,29D,30D,35D,36D. The van der Waals surface area contributed by atoms with E-state index >= 15 is 0 Å². The molecule has 2 nitrogen and oxygen atoms in total. The molecule has 1 heterocycles. The maximum Gasteiger partial charge on any atom is 0.0645 e. The van der Waals surface area contributed by atoms with Crippen LogP contribution in [0.15, 0.2) is 255 Å². The molecule has 0 saturated heterocycles. The summed E-state index contributed by atoms with van der Waals surface area (Å²) in [6, 6.07) is 62.2. The number of hydrogen-bond acceptors (Lipinski definition) is 3. The van der Waals surface area contributed by atoms with Gasteiger partial charge in [-0.15, -0.1) is 11.3 Å². The molecule has 0 aliphatic carbocycles. The summed E-state index contributed by atoms with van der Waals surface area (Å²) >= 11 is 1.76. The second-order valence-electron chi connectivity index (χ2n) is 15.1. The van der Waals surface area contributed by atoms with E-state index in [9.17, 15) is 5.48 Å². The molecule has 0 aliphatic rings. The summed E-state index contributed by atoms with van der Waals surface area (Å²) in [6.45, 7) is 0. The quantitative estimate of drug-likeness (QED) is 0.135. The maximum absolute atomic E-state index is 9.65. The van der Waals surface area contributed by atoms with Crippen LogP contribution < -0.4 is 9.80 Å². The van der Waals surface area contributed by atoms with Crippen molar-refractivity contribution in [2.45, 2.75) is 0 Å². The van der Waals surface area contributed by atoms with Gasteiger partial charge in [-0.05, 0) is 112 Å². The largest absolute Gasteiger partial charge is 0.310 e. The van der Waals surface area contributed by atoms with E-state index in [0.717, 1.165) is 55.1 Å². The number of rotatable bonds is 10. The monoisotopic (exact) mass is 831 g/mol. The zero-order valence-corrected chi connectivity index (χ0v) is 34.7. The molecule has 0 aliphatic heterocycles. The Balaban J connectivity index is 1.09. The van der Waals surface area contributed by atoms with Crippen molar-refractivity contribution in [3.8, 4) is 44.5 Å². The number of fused-ring (bicyclic) bond motifs is 3. The fourth-order valence-electron chi connectivity index (χ4n) is 8.20. The lowest BCUT2D eigenvalue weighted by atomic mass is 9.99. The second kappa shape index (κ2) is 16.8. The van der Waals surface area contributed by atoms with Gasteiger partial charge in [-0.3, -0.25) is 0 Å². The van der Waals surface area contributed by atoms with E-state index in [-0.39, 0.29) is 11.3 Å². The molecule has 1 aromatic heterocycles. The molecule has 0 N–H and O–H groups in total. The molecule has 0 fully saturated rings. The van der Waals surface area contributed by atoms with Crippen molar-refractivity contribution in [2.24, 2.45) is 0 Å². The van der Waals surface area contributed by atoms with E-state index in [1.807, 2.05) is 109 Å². The summed E-state index contributed by atoms with van der Waals surface area (Å²) < 4.78 is 82.8. The average Bonchev–Trinajstić information content (AvgIpc) is 3.80. The lowest BCUT2D eigenvalue weighted by Gasteiger charge is -2.29. The van der Waals surface area contributed by atoms with Crippen molar-refractivity contribution < 1.29 is 12.3 Å². The first-order valence-electron chi connectivity index (χ1n) is 25.2. The van der Waals surface area contributed by atoms with Gasteiger partial charge in [0.1, 0.15) is 0 Å². The number of thiophene rings is 1. The zero-order valence-electron chi connectivity index (χ0n) is 42.9. The Morgan fingerprint density at radius 3 is 1.52 bits per heavy atom. The smallest absolute Gasteiger partial charge is 0.0645 e. The zero-order chi connectivity index (χ0) is 49.8. The molecule has 0 radical (unpaired) electrons. The predicted octanol–water partition coefficient (Wildman–Crippen LogP) is 17.7. The maximum atomic E-state index is 9.65. The highest BCUT2D eigenvalue weighted by atomic mass is 32.1. The Morgan fingerprint density at radius 1 is 0.302 bits per heavy atom. The highest BCUT2D eigenvalue weighted by Gasteiger charge is 2.20. The highest BCUT2D eigenvalue weighted by Crippen LogP contribution is 2.45. The number of hydrogen-bond donors (Lipinski definition) is 0. The molecule has 298 valence electrons. The van der Waals surface area contributed by atoms with Gasteiger partial charge in [0.25, 0.3) is 0 Å². The number of benzene rings is 10. The first-order valence-corrected chi connectivity index (χ1v) is 21.5. The molecule has 0 unspecified atom stereocenters. The van der Waals surface area contributed by atoms with Crippen LogP contribution in [0.4, 0.5) is 34.1 Å². The van der Waals surface area contributed by atoms with Gasteiger partial charge in [0.2, 0.25) is 0 Å². The SMILES string of the molecule is [2H]c1c([2H])c([2H])c(-c2c([2H])c([2H])c(N(c3ccc(-c4ccccc4)cc3)c3ccccc3-c3cccc(N(c4ccc(-c5ccccc5)cc4)c4ccc5c(c4)sc4ccccc45)c3)c([2H])c2[2H])c([2H])c1[2H]. The van der Waals surface area contributed by atoms with Crippen LogP contribution in [0.25, 0.3) is 64.7 Å². The van der Waals surface area contributed by atoms with Gasteiger partial charge in [-0.25, -0.2) is 0 Å². The van der Waals surface area contributed by atoms with Gasteiger partial charge >= 0.3 is 0 Å². The van der Waals surface area contributed by atoms with Crippen molar-refractivity contribution in [3.63, 3.8) is 0 Å². The minimum Gasteiger partial charge on any atom is -0.310 e. The summed E-state index contributed by atoms with van der Waals surface area (Å²) in [6.07, 6.45) is 0. The fraction of sp³-hybridized carbons (Fsp3) is 0. The van der Waals surface area contributed by atoms with Crippen LogP contribution in [-0.2, 0) is 0 Å². The second-order valence-corrected chi connectivity index (χ2v) is 16.2. The van der Waals surface area contributed by atoms with Gasteiger partial charge < -0.3 is 9.80 Å². The Bertz CT molecular complexity index is 3810. The van der Waals surface area contributed by atoms with E-state index in [1.54, 1.807) is 16.2 Å². The van der Waals surface area contributed by atoms with Gasteiger partial charge in [-0.1, -0.05) is 182 Å². The van der Waals surface area contributed by atoms with Crippen LogP contribution in [0, 0.1) is 0 Å². The van der Waals surface area contributed by atoms with E-state index in [0.29, 0.717) is 11.4 Å². The van der Waals surface area contributed by atoms with E-state index in [2.05, 4.69) is 95.9 Å². The van der Waals surface area contributed by atoms with E-state index in [4.69, 9.17) is 6.85 Å². The summed E-state index contributed by atoms with van der Waals surface area (Å²) in [5.74, 6) is 0. The predicted molar refractivity (Wildman–Crippen MR) is 270 cm³/mol. The molecule has 11 aromatic rings. The number of para-hydroxylation sites is 1. The van der Waals surface area contributed by atoms with Crippen molar-refractivity contribution >= 4 is 65.6 Å². The molecule has 0 amide bonds. The fourth-order valence-corrected chi connectivity index (χ4v) is 9.34. The lowest BCUT2D eigenvalue weighted by molar-refractivity contribution is 1.28. The first kappa shape index (κ1) is 29.3. The normalized spacial score (nSPS) is 13.2. The minimum atomic E-state index is -0.633. The molecular weight excluding hydrogens is 781 g/mol. The van der Waals surface area contributed by atoms with E-state index < -0.39 is 59.9 Å². The third-order valence-electron chi connectivity index (χ3n) is 11.2.